The summed E-state index contributed by atoms with van der Waals surface area (Å²) in [5, 5.41) is 0. The molecule has 0 atom stereocenters. The van der Waals surface area contributed by atoms with E-state index in [0.29, 0.717) is 0 Å². The number of hydrogen-bond acceptors (Lipinski definition) is 4. The van der Waals surface area contributed by atoms with Crippen molar-refractivity contribution in [3.63, 3.8) is 0 Å². The number of halogens is 1. The van der Waals surface area contributed by atoms with Gasteiger partial charge in [-0.1, -0.05) is 4.53 Å². The molecule has 0 radical (unpaired) electrons. The van der Waals surface area contributed by atoms with Gasteiger partial charge in [-0.15, -0.1) is 0 Å². The van der Waals surface area contributed by atoms with E-state index < -0.39 is 9.05 Å². The molecule has 0 spiro atoms. The molecule has 0 amide bonds. The molecule has 8 heteroatoms. The third-order valence-electron chi connectivity index (χ3n) is 0.104. The molecule has 4 nitrogen and oxygen atoms in total. The van der Waals surface area contributed by atoms with Crippen molar-refractivity contribution < 1.29 is 23.5 Å². The van der Waals surface area contributed by atoms with E-state index in [4.69, 9.17) is 14.4 Å². The third kappa shape index (κ3) is 15.8. The van der Waals surface area contributed by atoms with Crippen LogP contribution < -0.4 is 0 Å². The van der Waals surface area contributed by atoms with E-state index in [1.165, 1.54) is 0 Å². The first-order chi connectivity index (χ1) is 2.56. The quantitative estimate of drug-likeness (QED) is 0.374. The summed E-state index contributed by atoms with van der Waals surface area (Å²) in [6.07, 6.45) is 0. The molecule has 0 saturated carbocycles. The minimum absolute atomic E-state index is 0. The molecule has 0 fully saturated rings. The van der Waals surface area contributed by atoms with Crippen LogP contribution in [-0.2, 0) is 4.63 Å². The monoisotopic (exact) mass is 178 g/mol. The van der Waals surface area contributed by atoms with E-state index in [9.17, 15) is 4.53 Å². The Morgan fingerprint density at radius 1 is 1.25 bits per heavy atom. The van der Waals surface area contributed by atoms with Crippen molar-refractivity contribution in [1.29, 1.82) is 0 Å². The Hall–Kier alpha value is 2.62. The van der Waals surface area contributed by atoms with Crippen molar-refractivity contribution >= 4 is 90.0 Å². The van der Waals surface area contributed by atoms with Gasteiger partial charge in [-0.25, -0.2) is 0 Å². The molecule has 0 rings (SSSR count). The van der Waals surface area contributed by atoms with E-state index >= 15 is 0 Å². The summed E-state index contributed by atoms with van der Waals surface area (Å²) in [6, 6.07) is 0. The fourth-order valence-electron chi connectivity index (χ4n) is 0. The van der Waals surface area contributed by atoms with Crippen LogP contribution >= 0.6 is 0 Å². The molecule has 3 N–H and O–H groups in total. The Morgan fingerprint density at radius 3 is 1.38 bits per heavy atom. The summed E-state index contributed by atoms with van der Waals surface area (Å²) in [4.78, 5) is 22.4. The first-order valence-corrected chi connectivity index (χ1v) is 2.78. The fourth-order valence-corrected chi connectivity index (χ4v) is 0. The summed E-state index contributed by atoms with van der Waals surface area (Å²) in [7, 11) is -4.80. The maximum absolute atomic E-state index is 10.3. The standard InChI is InChI=1S/FH3O4Si.K.Na.2H/c1-5-6(2,3)4;;;;/h2-4H;;;;. The molecule has 0 aromatic rings. The zero-order chi connectivity index (χ0) is 5.21. The van der Waals surface area contributed by atoms with Gasteiger partial charge in [0.15, 0.2) is 0 Å². The van der Waals surface area contributed by atoms with Crippen LogP contribution in [0, 0.1) is 0 Å². The Balaban J connectivity index is -0.000000125. The Labute approximate surface area is 111 Å². The molecule has 0 unspecified atom stereocenters. The van der Waals surface area contributed by atoms with E-state index in [1.54, 1.807) is 0 Å². The molecule has 42 valence electrons. The molecule has 0 saturated heterocycles. The maximum atomic E-state index is 10.3. The van der Waals surface area contributed by atoms with Gasteiger partial charge in [-0.05, 0) is 0 Å². The molecule has 0 aliphatic carbocycles. The Bertz CT molecular complexity index is 45.8. The molecule has 0 bridgehead atoms. The van der Waals surface area contributed by atoms with Gasteiger partial charge < -0.3 is 14.4 Å². The minimum atomic E-state index is -4.80. The van der Waals surface area contributed by atoms with Crippen molar-refractivity contribution in [2.75, 3.05) is 0 Å². The van der Waals surface area contributed by atoms with Crippen molar-refractivity contribution in [1.82, 2.24) is 0 Å². The summed E-state index contributed by atoms with van der Waals surface area (Å²) in [6.45, 7) is 0. The van der Waals surface area contributed by atoms with Crippen molar-refractivity contribution in [2.24, 2.45) is 0 Å². The van der Waals surface area contributed by atoms with Gasteiger partial charge in [0.1, 0.15) is 0 Å². The molecular formula is H5FKNaO4Si. The van der Waals surface area contributed by atoms with Crippen molar-refractivity contribution in [2.45, 2.75) is 0 Å². The molecule has 0 aliphatic heterocycles. The zero-order valence-corrected chi connectivity index (χ0v) is 3.63. The Kier molecular flexibility index (Phi) is 16.4. The van der Waals surface area contributed by atoms with Gasteiger partial charge in [0, 0.05) is 0 Å². The predicted octanol–water partition coefficient (Wildman–Crippen LogP) is -3.00. The first-order valence-electron chi connectivity index (χ1n) is 1.03. The second kappa shape index (κ2) is 7.73. The van der Waals surface area contributed by atoms with Crippen molar-refractivity contribution in [3.05, 3.63) is 0 Å². The third-order valence-corrected chi connectivity index (χ3v) is 0.311. The van der Waals surface area contributed by atoms with Gasteiger partial charge in [0.2, 0.25) is 0 Å². The second-order valence-corrected chi connectivity index (χ2v) is 1.95. The van der Waals surface area contributed by atoms with Crippen LogP contribution in [-0.4, -0.2) is 104 Å². The molecule has 0 aliphatic rings. The van der Waals surface area contributed by atoms with Crippen LogP contribution in [0.1, 0.15) is 0 Å². The van der Waals surface area contributed by atoms with Gasteiger partial charge in [0.05, 0.1) is 0 Å². The first kappa shape index (κ1) is 16.9. The van der Waals surface area contributed by atoms with E-state index in [2.05, 4.69) is 4.63 Å². The van der Waals surface area contributed by atoms with Crippen molar-refractivity contribution in [3.8, 4) is 0 Å². The summed E-state index contributed by atoms with van der Waals surface area (Å²) in [5.41, 5.74) is 0. The van der Waals surface area contributed by atoms with Crippen LogP contribution in [0.25, 0.3) is 0 Å². The summed E-state index contributed by atoms with van der Waals surface area (Å²) < 4.78 is 12.6. The van der Waals surface area contributed by atoms with Crippen LogP contribution in [0.5, 0.6) is 0 Å². The van der Waals surface area contributed by atoms with Gasteiger partial charge in [-0.2, -0.15) is 4.63 Å². The average molecular weight is 178 g/mol. The average Bonchev–Trinajstić information content (AvgIpc) is 1.35. The molecular weight excluding hydrogens is 173 g/mol. The van der Waals surface area contributed by atoms with Gasteiger partial charge in [-0.3, -0.25) is 0 Å². The Morgan fingerprint density at radius 2 is 1.38 bits per heavy atom. The van der Waals surface area contributed by atoms with E-state index in [0.717, 1.165) is 0 Å². The van der Waals surface area contributed by atoms with Crippen LogP contribution in [0.2, 0.25) is 0 Å². The van der Waals surface area contributed by atoms with E-state index in [1.807, 2.05) is 0 Å². The number of hydrogen-bond donors (Lipinski definition) is 3. The SMILES string of the molecule is O[Si](O)(O)OF.[KH].[NaH]. The van der Waals surface area contributed by atoms with Crippen LogP contribution in [0.15, 0.2) is 0 Å². The molecule has 0 aromatic heterocycles. The molecule has 0 aromatic carbocycles. The predicted molar refractivity (Wildman–Crippen MR) is 28.9 cm³/mol. The second-order valence-electron chi connectivity index (χ2n) is 0.651. The number of rotatable bonds is 1. The van der Waals surface area contributed by atoms with Gasteiger partial charge >= 0.3 is 90.0 Å². The van der Waals surface area contributed by atoms with Crippen LogP contribution in [0.4, 0.5) is 4.53 Å². The zero-order valence-electron chi connectivity index (χ0n) is 2.63. The molecule has 0 heterocycles. The summed E-state index contributed by atoms with van der Waals surface area (Å²) >= 11 is 0. The fraction of sp³-hybridized carbons (Fsp3) is 0. The van der Waals surface area contributed by atoms with Crippen LogP contribution in [0.3, 0.4) is 0 Å². The molecule has 8 heavy (non-hydrogen) atoms. The summed E-state index contributed by atoms with van der Waals surface area (Å²) in [5.74, 6) is 0. The topological polar surface area (TPSA) is 69.9 Å². The van der Waals surface area contributed by atoms with Gasteiger partial charge in [0.25, 0.3) is 0 Å². The normalized spacial score (nSPS) is 9.00. The van der Waals surface area contributed by atoms with E-state index in [-0.39, 0.29) is 80.9 Å².